The van der Waals surface area contributed by atoms with Crippen LogP contribution >= 0.6 is 0 Å². The number of rotatable bonds is 4. The molecule has 0 saturated carbocycles. The van der Waals surface area contributed by atoms with Crippen molar-refractivity contribution in [3.63, 3.8) is 0 Å². The van der Waals surface area contributed by atoms with Gasteiger partial charge in [0.05, 0.1) is 0 Å². The van der Waals surface area contributed by atoms with Crippen molar-refractivity contribution in [3.8, 4) is 0 Å². The van der Waals surface area contributed by atoms with Crippen LogP contribution in [0.2, 0.25) is 0 Å². The molecule has 2 heteroatoms. The van der Waals surface area contributed by atoms with Crippen LogP contribution in [0.4, 0.5) is 0 Å². The van der Waals surface area contributed by atoms with Gasteiger partial charge in [0.1, 0.15) is 0 Å². The third kappa shape index (κ3) is 4.12. The van der Waals surface area contributed by atoms with Crippen molar-refractivity contribution in [1.29, 1.82) is 0 Å². The van der Waals surface area contributed by atoms with Crippen LogP contribution in [0, 0.1) is 0 Å². The predicted molar refractivity (Wildman–Crippen MR) is 35.8 cm³/mol. The van der Waals surface area contributed by atoms with E-state index in [-0.39, 0.29) is 0 Å². The van der Waals surface area contributed by atoms with Gasteiger partial charge in [0.15, 0.2) is 0 Å². The van der Waals surface area contributed by atoms with Gasteiger partial charge in [0, 0.05) is 0 Å². The molecule has 0 spiro atoms. The maximum atomic E-state index is 10.6. The number of hydrogen-bond donors (Lipinski definition) is 0. The van der Waals surface area contributed by atoms with Crippen LogP contribution < -0.4 is 0 Å². The molecule has 0 atom stereocenters. The Morgan fingerprint density at radius 1 is 1.62 bits per heavy atom. The summed E-state index contributed by atoms with van der Waals surface area (Å²) in [5, 5.41) is 0. The van der Waals surface area contributed by atoms with Crippen molar-refractivity contribution >= 4 is 24.9 Å². The van der Waals surface area contributed by atoms with Gasteiger partial charge < -0.3 is 0 Å². The molecule has 0 amide bonds. The van der Waals surface area contributed by atoms with Gasteiger partial charge in [-0.15, -0.1) is 0 Å². The molecule has 0 N–H and O–H groups in total. The summed E-state index contributed by atoms with van der Waals surface area (Å²) in [4.78, 5) is 10.6. The van der Waals surface area contributed by atoms with Crippen LogP contribution in [0.5, 0.6) is 0 Å². The summed E-state index contributed by atoms with van der Waals surface area (Å²) < 4.78 is 2.12. The van der Waals surface area contributed by atoms with E-state index in [4.69, 9.17) is 0 Å². The average molecular weight is 215 g/mol. The summed E-state index contributed by atoms with van der Waals surface area (Å²) in [6.45, 7) is 6.96. The van der Waals surface area contributed by atoms with Gasteiger partial charge in [0.25, 0.3) is 0 Å². The van der Waals surface area contributed by atoms with E-state index in [1.54, 1.807) is 10.2 Å². The fourth-order valence-corrected chi connectivity index (χ4v) is 1.70. The third-order valence-corrected chi connectivity index (χ3v) is 2.68. The first kappa shape index (κ1) is 7.95. The first-order chi connectivity index (χ1) is 3.81. The molecule has 0 fully saturated rings. The number of carbonyl (C=O) groups excluding carboxylic acids is 1. The van der Waals surface area contributed by atoms with Gasteiger partial charge in [-0.2, -0.15) is 0 Å². The zero-order chi connectivity index (χ0) is 6.41. The van der Waals surface area contributed by atoms with E-state index in [1.165, 1.54) is 0 Å². The van der Waals surface area contributed by atoms with E-state index in [0.717, 1.165) is 0 Å². The summed E-state index contributed by atoms with van der Waals surface area (Å²) in [5.41, 5.74) is 0. The Kier molecular flexibility index (Phi) is 5.06. The van der Waals surface area contributed by atoms with Crippen molar-refractivity contribution in [3.05, 3.63) is 23.3 Å². The zero-order valence-corrected chi connectivity index (χ0v) is 7.54. The fraction of sp³-hybridized carbons (Fsp3) is 0.167. The normalized spacial score (nSPS) is 8.00. The second kappa shape index (κ2) is 5.09. The van der Waals surface area contributed by atoms with E-state index in [9.17, 15) is 4.79 Å². The minimum absolute atomic E-state index is 0.346. The Morgan fingerprint density at radius 2 is 2.25 bits per heavy atom. The summed E-state index contributed by atoms with van der Waals surface area (Å²) in [5.74, 6) is 0. The number of hydrogen-bond acceptors (Lipinski definition) is 1. The van der Waals surface area contributed by atoms with Crippen LogP contribution in [0.1, 0.15) is 6.42 Å². The molecule has 2 radical (unpaired) electrons. The number of carbonyl (C=O) groups is 1. The van der Waals surface area contributed by atoms with Crippen molar-refractivity contribution < 1.29 is 4.79 Å². The van der Waals surface area contributed by atoms with Gasteiger partial charge in [-0.1, -0.05) is 0 Å². The summed E-state index contributed by atoms with van der Waals surface area (Å²) >= 11 is -0.852. The molecule has 0 bridgehead atoms. The molecule has 0 heterocycles. The maximum absolute atomic E-state index is 10.6. The Balaban J connectivity index is 3.32. The molecule has 0 aromatic rings. The van der Waals surface area contributed by atoms with Crippen LogP contribution in [-0.2, 0) is 4.79 Å². The molecule has 0 aliphatic carbocycles. The first-order valence-electron chi connectivity index (χ1n) is 2.32. The van der Waals surface area contributed by atoms with E-state index in [2.05, 4.69) is 13.2 Å². The van der Waals surface area contributed by atoms with Gasteiger partial charge in [-0.3, -0.25) is 0 Å². The Morgan fingerprint density at radius 3 is 2.62 bits per heavy atom. The van der Waals surface area contributed by atoms with Crippen molar-refractivity contribution in [1.82, 2.24) is 0 Å². The predicted octanol–water partition coefficient (Wildman–Crippen LogP) is 0.937. The molecular weight excluding hydrogens is 207 g/mol. The molecule has 8 heavy (non-hydrogen) atoms. The fourth-order valence-electron chi connectivity index (χ4n) is 0.304. The summed E-state index contributed by atoms with van der Waals surface area (Å²) in [7, 11) is 0. The molecule has 0 aliphatic rings. The third-order valence-electron chi connectivity index (χ3n) is 0.593. The molecule has 0 saturated heterocycles. The quantitative estimate of drug-likeness (QED) is 0.503. The Labute approximate surface area is 59.7 Å². The molecule has 0 aliphatic heterocycles. The first-order valence-corrected chi connectivity index (χ1v) is 5.40. The SMILES string of the molecule is C=CC[C](=O)[Sn][CH]=C. The molecule has 0 aromatic heterocycles. The van der Waals surface area contributed by atoms with Gasteiger partial charge in [0.2, 0.25) is 0 Å². The van der Waals surface area contributed by atoms with E-state index < -0.39 is 21.1 Å². The van der Waals surface area contributed by atoms with Gasteiger partial charge in [-0.25, -0.2) is 0 Å². The van der Waals surface area contributed by atoms with E-state index >= 15 is 0 Å². The standard InChI is InChI=1S/C4H5O.C2H3.Sn/c1-2-3-4-5;1-2;/h2H,1,3H2;1H,2H2;. The Hall–Kier alpha value is -0.0513. The van der Waals surface area contributed by atoms with Crippen LogP contribution in [-0.4, -0.2) is 24.9 Å². The second-order valence-corrected chi connectivity index (χ2v) is 4.85. The van der Waals surface area contributed by atoms with Crippen LogP contribution in [0.25, 0.3) is 0 Å². The average Bonchev–Trinajstić information content (AvgIpc) is 1.68. The van der Waals surface area contributed by atoms with Crippen molar-refractivity contribution in [2.75, 3.05) is 0 Å². The topological polar surface area (TPSA) is 17.1 Å². The summed E-state index contributed by atoms with van der Waals surface area (Å²) in [6.07, 6.45) is 2.19. The van der Waals surface area contributed by atoms with Gasteiger partial charge >= 0.3 is 59.5 Å². The molecule has 42 valence electrons. The van der Waals surface area contributed by atoms with Gasteiger partial charge in [-0.05, 0) is 0 Å². The van der Waals surface area contributed by atoms with Crippen LogP contribution in [0.15, 0.2) is 23.3 Å². The Bertz CT molecular complexity index is 95.1. The minimum atomic E-state index is -0.852. The van der Waals surface area contributed by atoms with Crippen molar-refractivity contribution in [2.45, 2.75) is 6.42 Å². The molecule has 0 unspecified atom stereocenters. The van der Waals surface area contributed by atoms with Crippen molar-refractivity contribution in [2.24, 2.45) is 0 Å². The number of allylic oxidation sites excluding steroid dienone is 1. The summed E-state index contributed by atoms with van der Waals surface area (Å²) in [6, 6.07) is 0. The zero-order valence-electron chi connectivity index (χ0n) is 4.68. The molecule has 1 nitrogen and oxygen atoms in total. The molecule has 0 rings (SSSR count). The van der Waals surface area contributed by atoms with E-state index in [0.29, 0.717) is 10.2 Å². The monoisotopic (exact) mass is 216 g/mol. The molecule has 0 aromatic carbocycles. The second-order valence-electron chi connectivity index (χ2n) is 1.26. The van der Waals surface area contributed by atoms with E-state index in [1.807, 2.05) is 0 Å². The molecular formula is C6H8OSn. The van der Waals surface area contributed by atoms with Crippen LogP contribution in [0.3, 0.4) is 0 Å².